The second-order valence-corrected chi connectivity index (χ2v) is 5.13. The molecule has 18 heavy (non-hydrogen) atoms. The standard InChI is InChI=1S/C13H16Cl2O3/c1-2-6-17-13-9(16)7-11(13)18-10-5-3-4-8(14)12(10)15/h3-5,9,11,13,16H,2,6-7H2,1H3. The monoisotopic (exact) mass is 290 g/mol. The highest BCUT2D eigenvalue weighted by atomic mass is 35.5. The van der Waals surface area contributed by atoms with Crippen LogP contribution < -0.4 is 4.74 Å². The van der Waals surface area contributed by atoms with E-state index in [0.717, 1.165) is 6.42 Å². The topological polar surface area (TPSA) is 38.7 Å². The largest absolute Gasteiger partial charge is 0.486 e. The lowest BCUT2D eigenvalue weighted by Crippen LogP contribution is -2.55. The highest BCUT2D eigenvalue weighted by Crippen LogP contribution is 2.36. The smallest absolute Gasteiger partial charge is 0.139 e. The van der Waals surface area contributed by atoms with Crippen LogP contribution in [0.3, 0.4) is 0 Å². The molecule has 1 saturated carbocycles. The lowest BCUT2D eigenvalue weighted by Gasteiger charge is -2.40. The van der Waals surface area contributed by atoms with E-state index in [1.807, 2.05) is 6.92 Å². The molecule has 2 rings (SSSR count). The number of halogens is 2. The molecule has 100 valence electrons. The summed E-state index contributed by atoms with van der Waals surface area (Å²) in [5, 5.41) is 10.5. The van der Waals surface area contributed by atoms with Crippen LogP contribution in [0.5, 0.6) is 5.75 Å². The van der Waals surface area contributed by atoms with Gasteiger partial charge in [-0.1, -0.05) is 36.2 Å². The van der Waals surface area contributed by atoms with Crippen molar-refractivity contribution in [2.75, 3.05) is 6.61 Å². The fourth-order valence-corrected chi connectivity index (χ4v) is 2.22. The van der Waals surface area contributed by atoms with Crippen molar-refractivity contribution in [2.45, 2.75) is 38.1 Å². The van der Waals surface area contributed by atoms with Crippen LogP contribution in [0.4, 0.5) is 0 Å². The summed E-state index contributed by atoms with van der Waals surface area (Å²) in [6.07, 6.45) is 0.562. The van der Waals surface area contributed by atoms with Crippen molar-refractivity contribution in [3.63, 3.8) is 0 Å². The third-order valence-corrected chi connectivity index (χ3v) is 3.73. The molecular formula is C13H16Cl2O3. The molecule has 3 unspecified atom stereocenters. The van der Waals surface area contributed by atoms with E-state index in [1.54, 1.807) is 18.2 Å². The molecule has 3 nitrogen and oxygen atoms in total. The third kappa shape index (κ3) is 2.91. The summed E-state index contributed by atoms with van der Waals surface area (Å²) in [4.78, 5) is 0. The molecule has 1 aliphatic carbocycles. The molecule has 0 spiro atoms. The van der Waals surface area contributed by atoms with Crippen molar-refractivity contribution in [3.05, 3.63) is 28.2 Å². The van der Waals surface area contributed by atoms with Crippen LogP contribution in [0.2, 0.25) is 10.0 Å². The predicted molar refractivity (Wildman–Crippen MR) is 71.5 cm³/mol. The van der Waals surface area contributed by atoms with Crippen molar-refractivity contribution in [1.82, 2.24) is 0 Å². The van der Waals surface area contributed by atoms with Crippen LogP contribution in [-0.4, -0.2) is 30.0 Å². The van der Waals surface area contributed by atoms with E-state index in [1.165, 1.54) is 0 Å². The van der Waals surface area contributed by atoms with E-state index in [2.05, 4.69) is 0 Å². The molecule has 1 aromatic carbocycles. The van der Waals surface area contributed by atoms with E-state index < -0.39 is 6.10 Å². The Morgan fingerprint density at radius 2 is 2.17 bits per heavy atom. The quantitative estimate of drug-likeness (QED) is 0.904. The highest BCUT2D eigenvalue weighted by Gasteiger charge is 2.43. The maximum Gasteiger partial charge on any atom is 0.139 e. The molecule has 5 heteroatoms. The van der Waals surface area contributed by atoms with Crippen LogP contribution in [0.15, 0.2) is 18.2 Å². The first-order chi connectivity index (χ1) is 8.63. The van der Waals surface area contributed by atoms with Gasteiger partial charge in [-0.2, -0.15) is 0 Å². The van der Waals surface area contributed by atoms with Crippen molar-refractivity contribution >= 4 is 23.2 Å². The first-order valence-corrected chi connectivity index (χ1v) is 6.79. The summed E-state index contributed by atoms with van der Waals surface area (Å²) in [6, 6.07) is 5.24. The predicted octanol–water partition coefficient (Wildman–Crippen LogP) is 3.30. The van der Waals surface area contributed by atoms with Crippen molar-refractivity contribution in [2.24, 2.45) is 0 Å². The number of aliphatic hydroxyl groups is 1. The highest BCUT2D eigenvalue weighted by molar-refractivity contribution is 6.42. The molecule has 3 atom stereocenters. The minimum Gasteiger partial charge on any atom is -0.486 e. The molecule has 0 amide bonds. The molecule has 1 N–H and O–H groups in total. The Balaban J connectivity index is 1.99. The number of hydrogen-bond donors (Lipinski definition) is 1. The maximum atomic E-state index is 9.64. The number of hydrogen-bond acceptors (Lipinski definition) is 3. The van der Waals surface area contributed by atoms with Crippen LogP contribution in [0.1, 0.15) is 19.8 Å². The van der Waals surface area contributed by atoms with Gasteiger partial charge in [0.15, 0.2) is 0 Å². The number of rotatable bonds is 5. The van der Waals surface area contributed by atoms with E-state index in [0.29, 0.717) is 28.8 Å². The summed E-state index contributed by atoms with van der Waals surface area (Å²) in [5.41, 5.74) is 0. The summed E-state index contributed by atoms with van der Waals surface area (Å²) in [7, 11) is 0. The van der Waals surface area contributed by atoms with E-state index in [9.17, 15) is 5.11 Å². The molecular weight excluding hydrogens is 275 g/mol. The molecule has 0 radical (unpaired) electrons. The average Bonchev–Trinajstić information content (AvgIpc) is 2.34. The molecule has 0 bridgehead atoms. The molecule has 1 fully saturated rings. The SMILES string of the molecule is CCCOC1C(O)CC1Oc1cccc(Cl)c1Cl. The van der Waals surface area contributed by atoms with Gasteiger partial charge in [-0.15, -0.1) is 0 Å². The van der Waals surface area contributed by atoms with Gasteiger partial charge in [0.05, 0.1) is 11.1 Å². The Morgan fingerprint density at radius 1 is 1.39 bits per heavy atom. The van der Waals surface area contributed by atoms with Gasteiger partial charge in [0.1, 0.15) is 23.0 Å². The normalized spacial score (nSPS) is 26.8. The van der Waals surface area contributed by atoms with Crippen LogP contribution in [0.25, 0.3) is 0 Å². The molecule has 0 saturated heterocycles. The van der Waals surface area contributed by atoms with Crippen molar-refractivity contribution in [3.8, 4) is 5.75 Å². The Morgan fingerprint density at radius 3 is 2.83 bits per heavy atom. The summed E-state index contributed by atoms with van der Waals surface area (Å²) in [6.45, 7) is 2.64. The Bertz CT molecular complexity index is 411. The first kappa shape index (κ1) is 13.9. The number of ether oxygens (including phenoxy) is 2. The summed E-state index contributed by atoms with van der Waals surface area (Å²) in [5.74, 6) is 0.533. The second-order valence-electron chi connectivity index (χ2n) is 4.35. The summed E-state index contributed by atoms with van der Waals surface area (Å²) >= 11 is 12.0. The molecule has 0 aromatic heterocycles. The van der Waals surface area contributed by atoms with Gasteiger partial charge in [-0.25, -0.2) is 0 Å². The lowest BCUT2D eigenvalue weighted by molar-refractivity contribution is -0.162. The van der Waals surface area contributed by atoms with Gasteiger partial charge in [0, 0.05) is 13.0 Å². The Kier molecular flexibility index (Phi) is 4.73. The second kappa shape index (κ2) is 6.11. The fourth-order valence-electron chi connectivity index (χ4n) is 1.88. The van der Waals surface area contributed by atoms with Crippen molar-refractivity contribution < 1.29 is 14.6 Å². The van der Waals surface area contributed by atoms with Gasteiger partial charge in [0.2, 0.25) is 0 Å². The van der Waals surface area contributed by atoms with Crippen LogP contribution in [-0.2, 0) is 4.74 Å². The average molecular weight is 291 g/mol. The van der Waals surface area contributed by atoms with E-state index in [-0.39, 0.29) is 12.2 Å². The molecule has 1 aromatic rings. The third-order valence-electron chi connectivity index (χ3n) is 2.93. The zero-order valence-electron chi connectivity index (χ0n) is 10.1. The maximum absolute atomic E-state index is 9.64. The minimum atomic E-state index is -0.459. The Labute approximate surface area is 117 Å². The van der Waals surface area contributed by atoms with Crippen LogP contribution >= 0.6 is 23.2 Å². The van der Waals surface area contributed by atoms with Gasteiger partial charge < -0.3 is 14.6 Å². The lowest BCUT2D eigenvalue weighted by atomic mass is 9.88. The molecule has 0 heterocycles. The summed E-state index contributed by atoms with van der Waals surface area (Å²) < 4.78 is 11.3. The number of aliphatic hydroxyl groups excluding tert-OH is 1. The van der Waals surface area contributed by atoms with E-state index >= 15 is 0 Å². The fraction of sp³-hybridized carbons (Fsp3) is 0.538. The van der Waals surface area contributed by atoms with Gasteiger partial charge in [0.25, 0.3) is 0 Å². The Hall–Kier alpha value is -0.480. The van der Waals surface area contributed by atoms with Gasteiger partial charge >= 0.3 is 0 Å². The van der Waals surface area contributed by atoms with Gasteiger partial charge in [-0.05, 0) is 18.6 Å². The van der Waals surface area contributed by atoms with Gasteiger partial charge in [-0.3, -0.25) is 0 Å². The van der Waals surface area contributed by atoms with Crippen molar-refractivity contribution in [1.29, 1.82) is 0 Å². The first-order valence-electron chi connectivity index (χ1n) is 6.03. The van der Waals surface area contributed by atoms with E-state index in [4.69, 9.17) is 32.7 Å². The zero-order valence-corrected chi connectivity index (χ0v) is 11.6. The molecule has 1 aliphatic rings. The minimum absolute atomic E-state index is 0.164. The zero-order chi connectivity index (χ0) is 13.1. The number of benzene rings is 1. The molecule has 0 aliphatic heterocycles. The van der Waals surface area contributed by atoms with Crippen LogP contribution in [0, 0.1) is 0 Å².